The lowest BCUT2D eigenvalue weighted by Gasteiger charge is -2.24. The first kappa shape index (κ1) is 22.5. The van der Waals surface area contributed by atoms with Gasteiger partial charge in [-0.15, -0.1) is 11.3 Å². The summed E-state index contributed by atoms with van der Waals surface area (Å²) in [6.07, 6.45) is 0. The molecule has 5 nitrogen and oxygen atoms in total. The largest absolute Gasteiger partial charge is 0.322 e. The number of rotatable bonds is 6. The van der Waals surface area contributed by atoms with Crippen molar-refractivity contribution in [3.63, 3.8) is 0 Å². The molecule has 0 spiro atoms. The number of H-pyrrole nitrogens is 1. The molecule has 0 radical (unpaired) electrons. The number of hydrogen-bond acceptors (Lipinski definition) is 4. The molecule has 2 aromatic heterocycles. The Kier molecular flexibility index (Phi) is 6.07. The van der Waals surface area contributed by atoms with Gasteiger partial charge in [0.15, 0.2) is 0 Å². The van der Waals surface area contributed by atoms with Gasteiger partial charge < -0.3 is 4.98 Å². The van der Waals surface area contributed by atoms with E-state index in [4.69, 9.17) is 0 Å². The molecular formula is C25H26N2O3S2. The molecule has 0 atom stereocenters. The van der Waals surface area contributed by atoms with Gasteiger partial charge in [0.1, 0.15) is 0 Å². The maximum Gasteiger partial charge on any atom is 0.252 e. The summed E-state index contributed by atoms with van der Waals surface area (Å²) in [5, 5.41) is 2.81. The molecule has 0 bridgehead atoms. The number of hydrogen-bond donors (Lipinski definition) is 1. The number of fused-ring (bicyclic) bond motifs is 1. The number of nitrogens with one attached hydrogen (secondary N) is 1. The van der Waals surface area contributed by atoms with Gasteiger partial charge in [-0.25, -0.2) is 8.42 Å². The summed E-state index contributed by atoms with van der Waals surface area (Å²) >= 11 is 1.50. The Hall–Kier alpha value is -2.74. The molecular weight excluding hydrogens is 440 g/mol. The lowest BCUT2D eigenvalue weighted by atomic mass is 10.1. The first-order valence-corrected chi connectivity index (χ1v) is 12.7. The molecule has 2 aromatic carbocycles. The standard InChI is InChI=1S/C25H26N2O3S2/c1-16-7-8-23-20(12-16)13-21(25(28)26-23)14-27(15-22-6-5-9-31-22)32(29,30)24-18(3)10-17(2)11-19(24)4/h5-13H,14-15H2,1-4H3,(H,26,28). The average Bonchev–Trinajstić information content (AvgIpc) is 3.20. The highest BCUT2D eigenvalue weighted by Gasteiger charge is 2.29. The van der Waals surface area contributed by atoms with Crippen LogP contribution in [0.2, 0.25) is 0 Å². The number of aryl methyl sites for hydroxylation is 4. The van der Waals surface area contributed by atoms with Crippen LogP contribution in [-0.4, -0.2) is 17.7 Å². The smallest absolute Gasteiger partial charge is 0.252 e. The molecule has 1 N–H and O–H groups in total. The third-order valence-electron chi connectivity index (χ3n) is 5.54. The molecule has 4 aromatic rings. The predicted octanol–water partition coefficient (Wildman–Crippen LogP) is 5.21. The molecule has 0 saturated carbocycles. The molecule has 4 rings (SSSR count). The van der Waals surface area contributed by atoms with Crippen molar-refractivity contribution in [2.45, 2.75) is 45.7 Å². The van der Waals surface area contributed by atoms with Crippen molar-refractivity contribution in [1.29, 1.82) is 0 Å². The minimum Gasteiger partial charge on any atom is -0.322 e. The normalized spacial score (nSPS) is 12.0. The highest BCUT2D eigenvalue weighted by Crippen LogP contribution is 2.28. The van der Waals surface area contributed by atoms with Gasteiger partial charge in [0, 0.05) is 29.0 Å². The second kappa shape index (κ2) is 8.65. The second-order valence-electron chi connectivity index (χ2n) is 8.29. The lowest BCUT2D eigenvalue weighted by Crippen LogP contribution is -2.33. The van der Waals surface area contributed by atoms with Crippen LogP contribution in [0.15, 0.2) is 63.6 Å². The Morgan fingerprint density at radius 2 is 1.62 bits per heavy atom. The summed E-state index contributed by atoms with van der Waals surface area (Å²) in [6.45, 7) is 7.78. The van der Waals surface area contributed by atoms with Gasteiger partial charge in [0.05, 0.1) is 4.90 Å². The van der Waals surface area contributed by atoms with E-state index < -0.39 is 10.0 Å². The highest BCUT2D eigenvalue weighted by molar-refractivity contribution is 7.89. The number of nitrogens with zero attached hydrogens (tertiary/aromatic N) is 1. The Balaban J connectivity index is 1.83. The van der Waals surface area contributed by atoms with Gasteiger partial charge in [-0.1, -0.05) is 35.4 Å². The minimum atomic E-state index is -3.84. The number of aromatic nitrogens is 1. The Bertz CT molecular complexity index is 1430. The fraction of sp³-hybridized carbons (Fsp3) is 0.240. The number of pyridine rings is 1. The fourth-order valence-electron chi connectivity index (χ4n) is 4.18. The van der Waals surface area contributed by atoms with Crippen molar-refractivity contribution in [3.8, 4) is 0 Å². The molecule has 0 aliphatic rings. The predicted molar refractivity (Wildman–Crippen MR) is 131 cm³/mol. The van der Waals surface area contributed by atoms with Crippen molar-refractivity contribution in [1.82, 2.24) is 9.29 Å². The number of aromatic amines is 1. The van der Waals surface area contributed by atoms with Crippen LogP contribution in [0.5, 0.6) is 0 Å². The Labute approximate surface area is 192 Å². The zero-order valence-corrected chi connectivity index (χ0v) is 20.2. The van der Waals surface area contributed by atoms with Crippen LogP contribution in [0.25, 0.3) is 10.9 Å². The second-order valence-corrected chi connectivity index (χ2v) is 11.2. The van der Waals surface area contributed by atoms with Crippen molar-refractivity contribution in [2.24, 2.45) is 0 Å². The minimum absolute atomic E-state index is 0.00773. The molecule has 0 saturated heterocycles. The van der Waals surface area contributed by atoms with E-state index in [1.807, 2.05) is 75.5 Å². The highest BCUT2D eigenvalue weighted by atomic mass is 32.2. The number of thiophene rings is 1. The zero-order chi connectivity index (χ0) is 23.0. The summed E-state index contributed by atoms with van der Waals surface area (Å²) in [5.74, 6) is 0. The SMILES string of the molecule is Cc1cc(C)c(S(=O)(=O)N(Cc2cccs2)Cc2cc3cc(C)ccc3[nH]c2=O)c(C)c1. The third-order valence-corrected chi connectivity index (χ3v) is 8.50. The molecule has 0 aliphatic carbocycles. The van der Waals surface area contributed by atoms with E-state index in [9.17, 15) is 13.2 Å². The molecule has 7 heteroatoms. The monoisotopic (exact) mass is 466 g/mol. The van der Waals surface area contributed by atoms with Gasteiger partial charge in [-0.05, 0) is 73.9 Å². The van der Waals surface area contributed by atoms with Gasteiger partial charge in [0.25, 0.3) is 5.56 Å². The number of sulfonamides is 1. The summed E-state index contributed by atoms with van der Waals surface area (Å²) in [7, 11) is -3.84. The summed E-state index contributed by atoms with van der Waals surface area (Å²) < 4.78 is 29.1. The molecule has 0 aliphatic heterocycles. The topological polar surface area (TPSA) is 70.2 Å². The summed E-state index contributed by atoms with van der Waals surface area (Å²) in [5.41, 5.74) is 4.40. The van der Waals surface area contributed by atoms with Gasteiger partial charge in [0.2, 0.25) is 10.0 Å². The van der Waals surface area contributed by atoms with Crippen LogP contribution in [0, 0.1) is 27.7 Å². The van der Waals surface area contributed by atoms with Crippen LogP contribution >= 0.6 is 11.3 Å². The van der Waals surface area contributed by atoms with Crippen molar-refractivity contribution in [3.05, 3.63) is 97.0 Å². The zero-order valence-electron chi connectivity index (χ0n) is 18.6. The lowest BCUT2D eigenvalue weighted by molar-refractivity contribution is 0.402. The van der Waals surface area contributed by atoms with Crippen LogP contribution in [0.4, 0.5) is 0 Å². The molecule has 0 amide bonds. The molecule has 0 unspecified atom stereocenters. The maximum absolute atomic E-state index is 13.9. The van der Waals surface area contributed by atoms with Crippen LogP contribution in [0.3, 0.4) is 0 Å². The molecule has 32 heavy (non-hydrogen) atoms. The van der Waals surface area contributed by atoms with E-state index in [2.05, 4.69) is 4.98 Å². The Morgan fingerprint density at radius 1 is 0.906 bits per heavy atom. The first-order chi connectivity index (χ1) is 15.1. The number of benzene rings is 2. The summed E-state index contributed by atoms with van der Waals surface area (Å²) in [6, 6.07) is 15.2. The van der Waals surface area contributed by atoms with Crippen molar-refractivity contribution in [2.75, 3.05) is 0 Å². The third kappa shape index (κ3) is 4.41. The van der Waals surface area contributed by atoms with Crippen LogP contribution < -0.4 is 5.56 Å². The summed E-state index contributed by atoms with van der Waals surface area (Å²) in [4.78, 5) is 17.0. The van der Waals surface area contributed by atoms with Crippen LogP contribution in [0.1, 0.15) is 32.7 Å². The fourth-order valence-corrected chi connectivity index (χ4v) is 6.79. The molecule has 0 fully saturated rings. The molecule has 166 valence electrons. The van der Waals surface area contributed by atoms with Crippen molar-refractivity contribution < 1.29 is 8.42 Å². The van der Waals surface area contributed by atoms with Crippen molar-refractivity contribution >= 4 is 32.3 Å². The van der Waals surface area contributed by atoms with E-state index in [0.29, 0.717) is 21.6 Å². The first-order valence-electron chi connectivity index (χ1n) is 10.4. The quantitative estimate of drug-likeness (QED) is 0.424. The maximum atomic E-state index is 13.9. The van der Waals surface area contributed by atoms with Gasteiger partial charge in [-0.2, -0.15) is 4.31 Å². The van der Waals surface area contributed by atoms with E-state index in [-0.39, 0.29) is 18.6 Å². The average molecular weight is 467 g/mol. The van der Waals surface area contributed by atoms with E-state index in [1.165, 1.54) is 15.6 Å². The van der Waals surface area contributed by atoms with E-state index in [0.717, 1.165) is 26.9 Å². The van der Waals surface area contributed by atoms with E-state index in [1.54, 1.807) is 6.07 Å². The van der Waals surface area contributed by atoms with Gasteiger partial charge >= 0.3 is 0 Å². The van der Waals surface area contributed by atoms with Crippen LogP contribution in [-0.2, 0) is 23.1 Å². The molecule has 2 heterocycles. The Morgan fingerprint density at radius 3 is 2.28 bits per heavy atom. The van der Waals surface area contributed by atoms with E-state index >= 15 is 0 Å². The van der Waals surface area contributed by atoms with Gasteiger partial charge in [-0.3, -0.25) is 4.79 Å².